The van der Waals surface area contributed by atoms with Crippen molar-refractivity contribution >= 4 is 17.7 Å². The molecular formula is C15H17F3N4O. The van der Waals surface area contributed by atoms with Gasteiger partial charge in [0.15, 0.2) is 0 Å². The summed E-state index contributed by atoms with van der Waals surface area (Å²) < 4.78 is 40.4. The fourth-order valence-electron chi connectivity index (χ4n) is 2.83. The van der Waals surface area contributed by atoms with E-state index in [1.54, 1.807) is 11.0 Å². The van der Waals surface area contributed by atoms with Crippen molar-refractivity contribution < 1.29 is 18.3 Å². The van der Waals surface area contributed by atoms with Gasteiger partial charge < -0.3 is 10.0 Å². The van der Waals surface area contributed by atoms with Crippen LogP contribution in [0.25, 0.3) is 0 Å². The van der Waals surface area contributed by atoms with Gasteiger partial charge >= 0.3 is 6.18 Å². The van der Waals surface area contributed by atoms with Gasteiger partial charge in [0.2, 0.25) is 0 Å². The first-order valence-corrected chi connectivity index (χ1v) is 7.42. The monoisotopic (exact) mass is 326 g/mol. The number of hydrogen-bond donors (Lipinski definition) is 2. The van der Waals surface area contributed by atoms with Crippen molar-refractivity contribution in [3.05, 3.63) is 29.3 Å². The van der Waals surface area contributed by atoms with Crippen molar-refractivity contribution in [3.8, 4) is 0 Å². The van der Waals surface area contributed by atoms with E-state index < -0.39 is 17.8 Å². The molecule has 1 atom stereocenters. The first-order chi connectivity index (χ1) is 10.9. The lowest BCUT2D eigenvalue weighted by atomic mass is 10.0. The fourth-order valence-corrected chi connectivity index (χ4v) is 2.83. The summed E-state index contributed by atoms with van der Waals surface area (Å²) in [7, 11) is 0. The quantitative estimate of drug-likeness (QED) is 0.874. The Morgan fingerprint density at radius 1 is 1.30 bits per heavy atom. The molecule has 0 spiro atoms. The van der Waals surface area contributed by atoms with Crippen LogP contribution in [-0.4, -0.2) is 42.9 Å². The molecule has 23 heavy (non-hydrogen) atoms. The van der Waals surface area contributed by atoms with E-state index in [9.17, 15) is 18.3 Å². The van der Waals surface area contributed by atoms with Crippen molar-refractivity contribution in [1.82, 2.24) is 5.43 Å². The van der Waals surface area contributed by atoms with Gasteiger partial charge in [0, 0.05) is 30.6 Å². The molecule has 1 fully saturated rings. The van der Waals surface area contributed by atoms with Gasteiger partial charge in [-0.25, -0.2) is 0 Å². The highest BCUT2D eigenvalue weighted by Gasteiger charge is 2.36. The number of hydrazone groups is 1. The lowest BCUT2D eigenvalue weighted by molar-refractivity contribution is -0.137. The van der Waals surface area contributed by atoms with Crippen LogP contribution in [-0.2, 0) is 6.18 Å². The Morgan fingerprint density at radius 2 is 2.13 bits per heavy atom. The van der Waals surface area contributed by atoms with Gasteiger partial charge in [0.1, 0.15) is 5.84 Å². The lowest BCUT2D eigenvalue weighted by Gasteiger charge is -2.34. The standard InChI is InChI=1S/C15H17F3N4O/c16-15(17,18)12-8-10(14-19-5-6-20-21-14)3-4-13(12)22-7-1-2-11(23)9-22/h3-4,6,8,11,23H,1-2,5,7,9H2,(H,19,21)/t11-/m0/s1. The van der Waals surface area contributed by atoms with E-state index in [4.69, 9.17) is 0 Å². The van der Waals surface area contributed by atoms with Crippen LogP contribution in [0.15, 0.2) is 28.3 Å². The van der Waals surface area contributed by atoms with Crippen molar-refractivity contribution in [2.45, 2.75) is 25.1 Å². The molecule has 3 rings (SSSR count). The highest BCUT2D eigenvalue weighted by molar-refractivity contribution is 6.01. The number of aliphatic imine (C=N–C) groups is 1. The molecular weight excluding hydrogens is 309 g/mol. The predicted octanol–water partition coefficient (Wildman–Crippen LogP) is 2.00. The first kappa shape index (κ1) is 15.8. The second kappa shape index (κ2) is 6.19. The van der Waals surface area contributed by atoms with Crippen LogP contribution in [0.3, 0.4) is 0 Å². The number of nitrogens with zero attached hydrogens (tertiary/aromatic N) is 3. The summed E-state index contributed by atoms with van der Waals surface area (Å²) >= 11 is 0. The number of benzene rings is 1. The van der Waals surface area contributed by atoms with Crippen molar-refractivity contribution in [3.63, 3.8) is 0 Å². The molecule has 2 N–H and O–H groups in total. The molecule has 2 heterocycles. The molecule has 124 valence electrons. The molecule has 1 aromatic carbocycles. The minimum absolute atomic E-state index is 0.0971. The summed E-state index contributed by atoms with van der Waals surface area (Å²) in [5.74, 6) is 0.322. The number of alkyl halides is 3. The van der Waals surface area contributed by atoms with E-state index in [1.807, 2.05) is 0 Å². The Hall–Kier alpha value is -2.09. The predicted molar refractivity (Wildman–Crippen MR) is 81.9 cm³/mol. The number of anilines is 1. The highest BCUT2D eigenvalue weighted by atomic mass is 19.4. The number of aliphatic hydroxyl groups is 1. The molecule has 5 nitrogen and oxygen atoms in total. The van der Waals surface area contributed by atoms with E-state index in [0.29, 0.717) is 37.3 Å². The average molecular weight is 326 g/mol. The van der Waals surface area contributed by atoms with Gasteiger partial charge in [-0.2, -0.15) is 18.3 Å². The van der Waals surface area contributed by atoms with E-state index >= 15 is 0 Å². The van der Waals surface area contributed by atoms with Crippen molar-refractivity contribution in [2.24, 2.45) is 10.1 Å². The fraction of sp³-hybridized carbons (Fsp3) is 0.467. The number of amidine groups is 1. The minimum Gasteiger partial charge on any atom is -0.391 e. The van der Waals surface area contributed by atoms with Gasteiger partial charge in [-0.1, -0.05) is 0 Å². The molecule has 2 aliphatic heterocycles. The van der Waals surface area contributed by atoms with Gasteiger partial charge in [0.05, 0.1) is 18.2 Å². The summed E-state index contributed by atoms with van der Waals surface area (Å²) in [5, 5.41) is 13.5. The maximum absolute atomic E-state index is 13.5. The second-order valence-electron chi connectivity index (χ2n) is 5.58. The van der Waals surface area contributed by atoms with Gasteiger partial charge in [0.25, 0.3) is 0 Å². The number of β-amino-alcohol motifs (C(OH)–C–C–N with tert-alkyl or cyclic N) is 1. The Kier molecular flexibility index (Phi) is 4.25. The third-order valence-electron chi connectivity index (χ3n) is 3.91. The largest absolute Gasteiger partial charge is 0.418 e. The number of halogens is 3. The number of piperidine rings is 1. The second-order valence-corrected chi connectivity index (χ2v) is 5.58. The van der Waals surface area contributed by atoms with Crippen LogP contribution >= 0.6 is 0 Å². The number of aliphatic hydroxyl groups excluding tert-OH is 1. The summed E-state index contributed by atoms with van der Waals surface area (Å²) in [6.07, 6.45) is -2.25. The topological polar surface area (TPSA) is 60.2 Å². The summed E-state index contributed by atoms with van der Waals surface area (Å²) in [5.41, 5.74) is 2.34. The van der Waals surface area contributed by atoms with Crippen LogP contribution in [0.1, 0.15) is 24.0 Å². The van der Waals surface area contributed by atoms with Crippen LogP contribution < -0.4 is 10.3 Å². The molecule has 2 aliphatic rings. The van der Waals surface area contributed by atoms with E-state index in [1.165, 1.54) is 12.3 Å². The van der Waals surface area contributed by atoms with Gasteiger partial charge in [-0.15, -0.1) is 0 Å². The zero-order chi connectivity index (χ0) is 16.4. The Labute approximate surface area is 131 Å². The van der Waals surface area contributed by atoms with Crippen LogP contribution in [0, 0.1) is 0 Å². The third kappa shape index (κ3) is 3.47. The molecule has 0 amide bonds. The normalized spacial score (nSPS) is 21.8. The van der Waals surface area contributed by atoms with Crippen LogP contribution in [0.5, 0.6) is 0 Å². The van der Waals surface area contributed by atoms with E-state index in [0.717, 1.165) is 6.07 Å². The maximum Gasteiger partial charge on any atom is 0.418 e. The average Bonchev–Trinajstić information content (AvgIpc) is 2.54. The Morgan fingerprint density at radius 3 is 2.78 bits per heavy atom. The van der Waals surface area contributed by atoms with Gasteiger partial charge in [-0.3, -0.25) is 10.4 Å². The molecule has 0 saturated carbocycles. The molecule has 1 saturated heterocycles. The zero-order valence-corrected chi connectivity index (χ0v) is 12.3. The number of hydrogen-bond acceptors (Lipinski definition) is 5. The lowest BCUT2D eigenvalue weighted by Crippen LogP contribution is -2.39. The molecule has 0 aromatic heterocycles. The molecule has 0 unspecified atom stereocenters. The molecule has 8 heteroatoms. The van der Waals surface area contributed by atoms with Crippen LogP contribution in [0.2, 0.25) is 0 Å². The SMILES string of the molecule is O[C@H]1CCCN(c2ccc(C3=NCC=NN3)cc2C(F)(F)F)C1. The molecule has 0 bridgehead atoms. The summed E-state index contributed by atoms with van der Waals surface area (Å²) in [6.45, 7) is 1.05. The van der Waals surface area contributed by atoms with E-state index in [-0.39, 0.29) is 12.2 Å². The highest BCUT2D eigenvalue weighted by Crippen LogP contribution is 2.38. The van der Waals surface area contributed by atoms with Gasteiger partial charge in [-0.05, 0) is 31.0 Å². The number of rotatable bonds is 2. The Balaban J connectivity index is 1.97. The zero-order valence-electron chi connectivity index (χ0n) is 12.3. The minimum atomic E-state index is -4.48. The maximum atomic E-state index is 13.5. The number of nitrogens with one attached hydrogen (secondary N) is 1. The first-order valence-electron chi connectivity index (χ1n) is 7.42. The van der Waals surface area contributed by atoms with Crippen molar-refractivity contribution in [1.29, 1.82) is 0 Å². The smallest absolute Gasteiger partial charge is 0.391 e. The third-order valence-corrected chi connectivity index (χ3v) is 3.91. The summed E-state index contributed by atoms with van der Waals surface area (Å²) in [4.78, 5) is 5.70. The Bertz CT molecular complexity index is 642. The molecule has 0 radical (unpaired) electrons. The van der Waals surface area contributed by atoms with E-state index in [2.05, 4.69) is 15.5 Å². The van der Waals surface area contributed by atoms with Crippen molar-refractivity contribution in [2.75, 3.05) is 24.5 Å². The molecule has 0 aliphatic carbocycles. The van der Waals surface area contributed by atoms with Crippen LogP contribution in [0.4, 0.5) is 18.9 Å². The molecule has 1 aromatic rings. The summed E-state index contributed by atoms with van der Waals surface area (Å²) in [6, 6.07) is 4.12.